The van der Waals surface area contributed by atoms with Crippen molar-refractivity contribution < 1.29 is 8.42 Å². The average Bonchev–Trinajstić information content (AvgIpc) is 2.95. The summed E-state index contributed by atoms with van der Waals surface area (Å²) in [6.45, 7) is 3.11. The summed E-state index contributed by atoms with van der Waals surface area (Å²) in [5.41, 5.74) is 1.62. The molecule has 0 unspecified atom stereocenters. The maximum absolute atomic E-state index is 11.5. The maximum atomic E-state index is 11.5. The van der Waals surface area contributed by atoms with Gasteiger partial charge >= 0.3 is 0 Å². The van der Waals surface area contributed by atoms with Gasteiger partial charge in [-0.2, -0.15) is 8.42 Å². The molecule has 2 aliphatic rings. The Bertz CT molecular complexity index is 981. The second kappa shape index (κ2) is 6.31. The Hall–Kier alpha value is -2.01. The van der Waals surface area contributed by atoms with Gasteiger partial charge in [0, 0.05) is 49.5 Å². The van der Waals surface area contributed by atoms with Crippen molar-refractivity contribution in [3.63, 3.8) is 0 Å². The molecule has 0 bridgehead atoms. The standard InChI is InChI=1S/C16H22N6O3S/c17-26(24,25)20-22-10-6-16(11-22)4-8-21(9-5-16)13-3-7-18-15-12(13)1-2-14(23)19-15/h1-3,7,20H,4-6,8-11H2,(H2,17,24,25)(H,18,19,23). The molecule has 4 rings (SSSR count). The van der Waals surface area contributed by atoms with Gasteiger partial charge in [0.15, 0.2) is 0 Å². The Kier molecular flexibility index (Phi) is 4.22. The van der Waals surface area contributed by atoms with Crippen molar-refractivity contribution in [2.24, 2.45) is 10.6 Å². The lowest BCUT2D eigenvalue weighted by Crippen LogP contribution is -2.47. The van der Waals surface area contributed by atoms with Crippen LogP contribution < -0.4 is 20.4 Å². The van der Waals surface area contributed by atoms with E-state index in [-0.39, 0.29) is 11.0 Å². The third kappa shape index (κ3) is 3.45. The van der Waals surface area contributed by atoms with Gasteiger partial charge in [-0.05, 0) is 36.8 Å². The third-order valence-electron chi connectivity index (χ3n) is 5.47. The predicted octanol–water partition coefficient (Wildman–Crippen LogP) is -0.0765. The number of hydrogen-bond acceptors (Lipinski definition) is 6. The number of pyridine rings is 2. The fraction of sp³-hybridized carbons (Fsp3) is 0.500. The summed E-state index contributed by atoms with van der Waals surface area (Å²) in [6, 6.07) is 5.31. The van der Waals surface area contributed by atoms with Gasteiger partial charge in [0.2, 0.25) is 5.56 Å². The van der Waals surface area contributed by atoms with Crippen molar-refractivity contribution in [2.45, 2.75) is 19.3 Å². The van der Waals surface area contributed by atoms with Gasteiger partial charge in [-0.25, -0.2) is 15.1 Å². The predicted molar refractivity (Wildman–Crippen MR) is 98.7 cm³/mol. The van der Waals surface area contributed by atoms with Crippen molar-refractivity contribution in [3.8, 4) is 0 Å². The van der Waals surface area contributed by atoms with E-state index in [1.54, 1.807) is 11.2 Å². The molecule has 0 atom stereocenters. The average molecular weight is 378 g/mol. The number of aromatic amines is 1. The highest BCUT2D eigenvalue weighted by atomic mass is 32.2. The summed E-state index contributed by atoms with van der Waals surface area (Å²) in [6.07, 6.45) is 4.62. The molecule has 0 radical (unpaired) electrons. The summed E-state index contributed by atoms with van der Waals surface area (Å²) >= 11 is 0. The summed E-state index contributed by atoms with van der Waals surface area (Å²) < 4.78 is 22.5. The molecule has 2 saturated heterocycles. The van der Waals surface area contributed by atoms with Gasteiger partial charge in [-0.15, -0.1) is 4.83 Å². The van der Waals surface area contributed by atoms with Crippen LogP contribution in [-0.2, 0) is 10.2 Å². The van der Waals surface area contributed by atoms with Crippen LogP contribution in [0.2, 0.25) is 0 Å². The fourth-order valence-corrected chi connectivity index (χ4v) is 4.66. The minimum absolute atomic E-state index is 0.116. The van der Waals surface area contributed by atoms with E-state index in [4.69, 9.17) is 5.14 Å². The maximum Gasteiger partial charge on any atom is 0.287 e. The van der Waals surface area contributed by atoms with Gasteiger partial charge in [-0.1, -0.05) is 0 Å². The van der Waals surface area contributed by atoms with Crippen LogP contribution in [0.1, 0.15) is 19.3 Å². The normalized spacial score (nSPS) is 20.9. The highest BCUT2D eigenvalue weighted by molar-refractivity contribution is 7.87. The number of nitrogens with one attached hydrogen (secondary N) is 2. The largest absolute Gasteiger partial charge is 0.371 e. The van der Waals surface area contributed by atoms with Crippen molar-refractivity contribution in [3.05, 3.63) is 34.7 Å². The first-order valence-electron chi connectivity index (χ1n) is 8.62. The summed E-state index contributed by atoms with van der Waals surface area (Å²) in [7, 11) is -3.71. The van der Waals surface area contributed by atoms with E-state index in [0.717, 1.165) is 43.4 Å². The lowest BCUT2D eigenvalue weighted by atomic mass is 9.77. The SMILES string of the molecule is NS(=O)(=O)NN1CCC2(CCN(c3ccnc4[nH]c(=O)ccc34)CC2)C1. The van der Waals surface area contributed by atoms with Crippen molar-refractivity contribution >= 4 is 26.9 Å². The molecule has 10 heteroatoms. The molecule has 26 heavy (non-hydrogen) atoms. The van der Waals surface area contributed by atoms with Crippen LogP contribution in [0.5, 0.6) is 0 Å². The Morgan fingerprint density at radius 2 is 1.88 bits per heavy atom. The molecule has 0 aromatic carbocycles. The van der Waals surface area contributed by atoms with E-state index in [1.807, 2.05) is 12.1 Å². The van der Waals surface area contributed by atoms with Crippen LogP contribution in [-0.4, -0.2) is 49.6 Å². The Morgan fingerprint density at radius 1 is 1.15 bits per heavy atom. The van der Waals surface area contributed by atoms with E-state index < -0.39 is 10.2 Å². The van der Waals surface area contributed by atoms with Crippen LogP contribution in [0.15, 0.2) is 29.2 Å². The first-order valence-corrected chi connectivity index (χ1v) is 10.2. The van der Waals surface area contributed by atoms with Crippen LogP contribution >= 0.6 is 0 Å². The molecule has 0 aliphatic carbocycles. The molecule has 2 aliphatic heterocycles. The van der Waals surface area contributed by atoms with Gasteiger partial charge in [-0.3, -0.25) is 4.79 Å². The van der Waals surface area contributed by atoms with E-state index in [0.29, 0.717) is 18.7 Å². The zero-order valence-electron chi connectivity index (χ0n) is 14.3. The molecule has 9 nitrogen and oxygen atoms in total. The van der Waals surface area contributed by atoms with E-state index in [2.05, 4.69) is 19.7 Å². The number of nitrogens with zero attached hydrogens (tertiary/aromatic N) is 3. The van der Waals surface area contributed by atoms with Crippen molar-refractivity contribution in [2.75, 3.05) is 31.1 Å². The number of aromatic nitrogens is 2. The number of fused-ring (bicyclic) bond motifs is 1. The topological polar surface area (TPSA) is 124 Å². The number of hydrazine groups is 1. The first-order chi connectivity index (χ1) is 12.3. The highest BCUT2D eigenvalue weighted by Crippen LogP contribution is 2.41. The molecular weight excluding hydrogens is 356 g/mol. The van der Waals surface area contributed by atoms with Crippen LogP contribution in [0.4, 0.5) is 5.69 Å². The van der Waals surface area contributed by atoms with Crippen molar-refractivity contribution in [1.29, 1.82) is 0 Å². The molecule has 1 spiro atoms. The number of nitrogens with two attached hydrogens (primary N) is 1. The second-order valence-electron chi connectivity index (χ2n) is 7.21. The quantitative estimate of drug-likeness (QED) is 0.686. The summed E-state index contributed by atoms with van der Waals surface area (Å²) in [5, 5.41) is 7.72. The Morgan fingerprint density at radius 3 is 2.62 bits per heavy atom. The molecule has 140 valence electrons. The van der Waals surface area contributed by atoms with Crippen LogP contribution in [0.3, 0.4) is 0 Å². The lowest BCUT2D eigenvalue weighted by molar-refractivity contribution is 0.197. The smallest absolute Gasteiger partial charge is 0.287 e. The highest BCUT2D eigenvalue weighted by Gasteiger charge is 2.41. The van der Waals surface area contributed by atoms with E-state index >= 15 is 0 Å². The van der Waals surface area contributed by atoms with Gasteiger partial charge in [0.1, 0.15) is 5.65 Å². The zero-order chi connectivity index (χ0) is 18.4. The van der Waals surface area contributed by atoms with Gasteiger partial charge in [0.05, 0.1) is 0 Å². The molecule has 2 aromatic rings. The van der Waals surface area contributed by atoms with Gasteiger partial charge < -0.3 is 9.88 Å². The van der Waals surface area contributed by atoms with Crippen LogP contribution in [0, 0.1) is 5.41 Å². The van der Waals surface area contributed by atoms with Gasteiger partial charge in [0.25, 0.3) is 10.2 Å². The molecular formula is C16H22N6O3S. The lowest BCUT2D eigenvalue weighted by Gasteiger charge is -2.40. The first kappa shape index (κ1) is 17.4. The Balaban J connectivity index is 1.49. The minimum atomic E-state index is -3.71. The number of rotatable bonds is 3. The zero-order valence-corrected chi connectivity index (χ0v) is 15.1. The summed E-state index contributed by atoms with van der Waals surface area (Å²) in [5.74, 6) is 0. The molecule has 4 N–H and O–H groups in total. The number of H-pyrrole nitrogens is 1. The number of hydrogen-bond donors (Lipinski definition) is 3. The van der Waals surface area contributed by atoms with Crippen LogP contribution in [0.25, 0.3) is 11.0 Å². The van der Waals surface area contributed by atoms with E-state index in [1.165, 1.54) is 6.07 Å². The fourth-order valence-electron chi connectivity index (χ4n) is 4.14. The monoisotopic (exact) mass is 378 g/mol. The molecule has 0 amide bonds. The molecule has 4 heterocycles. The molecule has 2 aromatic heterocycles. The number of anilines is 1. The third-order valence-corrected chi connectivity index (χ3v) is 5.98. The van der Waals surface area contributed by atoms with Crippen molar-refractivity contribution in [1.82, 2.24) is 19.8 Å². The van der Waals surface area contributed by atoms with E-state index in [9.17, 15) is 13.2 Å². The molecule has 0 saturated carbocycles. The summed E-state index contributed by atoms with van der Waals surface area (Å²) in [4.78, 5) is 23.2. The molecule has 2 fully saturated rings. The second-order valence-corrected chi connectivity index (χ2v) is 8.48. The minimum Gasteiger partial charge on any atom is -0.371 e. The number of piperidine rings is 1. The Labute approximate surface area is 151 Å².